The minimum atomic E-state index is -0.376. The molecule has 0 saturated heterocycles. The Kier molecular flexibility index (Phi) is 4.14. The van der Waals surface area contributed by atoms with Gasteiger partial charge in [-0.15, -0.1) is 0 Å². The summed E-state index contributed by atoms with van der Waals surface area (Å²) in [5.41, 5.74) is 9.86. The van der Waals surface area contributed by atoms with Crippen molar-refractivity contribution in [2.45, 2.75) is 19.8 Å². The lowest BCUT2D eigenvalue weighted by Crippen LogP contribution is -2.17. The van der Waals surface area contributed by atoms with Gasteiger partial charge in [0.15, 0.2) is 17.1 Å². The number of nitrogens with two attached hydrogens (primary N) is 1. The summed E-state index contributed by atoms with van der Waals surface area (Å²) < 4.78 is 1.50. The van der Waals surface area contributed by atoms with E-state index >= 15 is 0 Å². The van der Waals surface area contributed by atoms with Gasteiger partial charge in [-0.05, 0) is 23.6 Å². The Bertz CT molecular complexity index is 1520. The molecule has 5 rings (SSSR count). The summed E-state index contributed by atoms with van der Waals surface area (Å²) in [5.74, 6) is 0.222. The first-order valence-electron chi connectivity index (χ1n) is 9.70. The van der Waals surface area contributed by atoms with Crippen molar-refractivity contribution in [1.82, 2.24) is 34.5 Å². The number of aromatic nitrogens is 7. The summed E-state index contributed by atoms with van der Waals surface area (Å²) in [4.78, 5) is 36.3. The smallest absolute Gasteiger partial charge is 0.332 e. The number of nitrogens with zero attached hydrogens (tertiary/aromatic N) is 5. The van der Waals surface area contributed by atoms with Crippen molar-refractivity contribution in [2.24, 2.45) is 5.73 Å². The van der Waals surface area contributed by atoms with Crippen LogP contribution in [0.4, 0.5) is 0 Å². The van der Waals surface area contributed by atoms with Crippen LogP contribution in [0.15, 0.2) is 47.7 Å². The van der Waals surface area contributed by atoms with Gasteiger partial charge in [-0.3, -0.25) is 5.41 Å². The molecule has 4 heterocycles. The first kappa shape index (κ1) is 18.7. The third-order valence-electron chi connectivity index (χ3n) is 5.12. The van der Waals surface area contributed by atoms with Crippen LogP contribution >= 0.6 is 0 Å². The van der Waals surface area contributed by atoms with Crippen LogP contribution in [0, 0.1) is 5.41 Å². The number of para-hydroxylation sites is 1. The molecule has 0 bridgehead atoms. The molecule has 0 aliphatic heterocycles. The van der Waals surface area contributed by atoms with Gasteiger partial charge in [-0.1, -0.05) is 32.0 Å². The van der Waals surface area contributed by atoms with Crippen molar-refractivity contribution < 1.29 is 0 Å². The molecule has 0 radical (unpaired) electrons. The van der Waals surface area contributed by atoms with Gasteiger partial charge in [0.1, 0.15) is 17.0 Å². The quantitative estimate of drug-likeness (QED) is 0.262. The maximum absolute atomic E-state index is 13.0. The number of H-pyrrole nitrogens is 2. The maximum Gasteiger partial charge on any atom is 0.332 e. The lowest BCUT2D eigenvalue weighted by Gasteiger charge is -2.13. The molecule has 31 heavy (non-hydrogen) atoms. The van der Waals surface area contributed by atoms with E-state index in [2.05, 4.69) is 43.8 Å². The van der Waals surface area contributed by atoms with E-state index in [4.69, 9.17) is 11.1 Å². The van der Waals surface area contributed by atoms with Crippen molar-refractivity contribution in [2.75, 3.05) is 0 Å². The van der Waals surface area contributed by atoms with Crippen LogP contribution in [0.1, 0.15) is 31.0 Å². The van der Waals surface area contributed by atoms with E-state index in [0.717, 1.165) is 16.8 Å². The molecule has 0 unspecified atom stereocenters. The number of hydrogen-bond acceptors (Lipinski definition) is 6. The topological polar surface area (TPSA) is 155 Å². The van der Waals surface area contributed by atoms with Gasteiger partial charge < -0.3 is 15.7 Å². The highest BCUT2D eigenvalue weighted by Gasteiger charge is 2.21. The van der Waals surface area contributed by atoms with Crippen LogP contribution in [0.3, 0.4) is 0 Å². The van der Waals surface area contributed by atoms with Gasteiger partial charge >= 0.3 is 5.69 Å². The number of nitrogen functional groups attached to an aromatic ring is 1. The molecule has 0 atom stereocenters. The van der Waals surface area contributed by atoms with E-state index in [9.17, 15) is 4.79 Å². The number of nitrogens with one attached hydrogen (secondary N) is 3. The fraction of sp³-hybridized carbons (Fsp3) is 0.143. The highest BCUT2D eigenvalue weighted by Crippen LogP contribution is 2.26. The SMILES string of the molecule is CC(C)c1ccccc1-n1c(=O)[nH]c2c(C(=N)N)nc(-c3cnc4nc[nH]c4c3)nc21. The Morgan fingerprint density at radius 3 is 2.77 bits per heavy atom. The van der Waals surface area contributed by atoms with E-state index in [-0.39, 0.29) is 23.1 Å². The van der Waals surface area contributed by atoms with E-state index < -0.39 is 0 Å². The average molecular weight is 413 g/mol. The second-order valence-corrected chi connectivity index (χ2v) is 7.48. The highest BCUT2D eigenvalue weighted by molar-refractivity contribution is 6.03. The molecular weight excluding hydrogens is 394 g/mol. The molecule has 0 amide bonds. The maximum atomic E-state index is 13.0. The summed E-state index contributed by atoms with van der Waals surface area (Å²) in [7, 11) is 0. The molecule has 0 aliphatic rings. The van der Waals surface area contributed by atoms with E-state index in [1.807, 2.05) is 30.3 Å². The minimum Gasteiger partial charge on any atom is -0.382 e. The van der Waals surface area contributed by atoms with Gasteiger partial charge in [0.25, 0.3) is 0 Å². The Hall–Kier alpha value is -4.34. The molecule has 0 fully saturated rings. The van der Waals surface area contributed by atoms with Crippen LogP contribution in [0.2, 0.25) is 0 Å². The third-order valence-corrected chi connectivity index (χ3v) is 5.12. The largest absolute Gasteiger partial charge is 0.382 e. The standard InChI is InChI=1S/C21H19N9O/c1-10(2)12-5-3-4-6-14(12)30-20-16(28-21(30)31)15(17(22)23)27-18(29-20)11-7-13-19(24-8-11)26-9-25-13/h3-10H,1-2H3,(H3,22,23)(H,28,31)(H,24,25,26). The molecule has 0 saturated carbocycles. The van der Waals surface area contributed by atoms with Gasteiger partial charge in [0, 0.05) is 11.8 Å². The molecule has 10 nitrogen and oxygen atoms in total. The molecule has 154 valence electrons. The Morgan fingerprint density at radius 2 is 2.00 bits per heavy atom. The molecule has 5 aromatic rings. The van der Waals surface area contributed by atoms with Gasteiger partial charge in [0.05, 0.1) is 17.5 Å². The van der Waals surface area contributed by atoms with E-state index in [1.54, 1.807) is 12.5 Å². The zero-order valence-electron chi connectivity index (χ0n) is 16.8. The average Bonchev–Trinajstić information content (AvgIpc) is 3.35. The van der Waals surface area contributed by atoms with Crippen LogP contribution in [0.25, 0.3) is 39.4 Å². The number of hydrogen-bond donors (Lipinski definition) is 4. The van der Waals surface area contributed by atoms with Gasteiger partial charge in [-0.25, -0.2) is 29.3 Å². The van der Waals surface area contributed by atoms with Crippen LogP contribution < -0.4 is 11.4 Å². The number of aromatic amines is 2. The first-order valence-corrected chi connectivity index (χ1v) is 9.70. The summed E-state index contributed by atoms with van der Waals surface area (Å²) >= 11 is 0. The molecule has 5 N–H and O–H groups in total. The third kappa shape index (κ3) is 2.96. The van der Waals surface area contributed by atoms with Crippen molar-refractivity contribution in [1.29, 1.82) is 5.41 Å². The monoisotopic (exact) mass is 413 g/mol. The molecule has 1 aromatic carbocycles. The number of benzene rings is 1. The normalized spacial score (nSPS) is 11.6. The summed E-state index contributed by atoms with van der Waals surface area (Å²) in [6, 6.07) is 9.48. The molecule has 0 aliphatic carbocycles. The fourth-order valence-corrected chi connectivity index (χ4v) is 3.66. The van der Waals surface area contributed by atoms with Crippen molar-refractivity contribution in [3.63, 3.8) is 0 Å². The number of rotatable bonds is 4. The Morgan fingerprint density at radius 1 is 1.19 bits per heavy atom. The van der Waals surface area contributed by atoms with Gasteiger partial charge in [0.2, 0.25) is 0 Å². The lowest BCUT2D eigenvalue weighted by molar-refractivity contribution is 0.842. The molecule has 10 heteroatoms. The van der Waals surface area contributed by atoms with E-state index in [0.29, 0.717) is 28.2 Å². The summed E-state index contributed by atoms with van der Waals surface area (Å²) in [6.45, 7) is 4.12. The van der Waals surface area contributed by atoms with Crippen molar-refractivity contribution in [3.05, 3.63) is 64.6 Å². The predicted octanol–water partition coefficient (Wildman–Crippen LogP) is 2.45. The number of pyridine rings is 1. The van der Waals surface area contributed by atoms with Crippen molar-refractivity contribution >= 4 is 28.2 Å². The Labute approximate surface area is 175 Å². The fourth-order valence-electron chi connectivity index (χ4n) is 3.66. The number of imidazole rings is 2. The summed E-state index contributed by atoms with van der Waals surface area (Å²) in [6.07, 6.45) is 3.16. The van der Waals surface area contributed by atoms with Crippen LogP contribution in [-0.4, -0.2) is 40.3 Å². The van der Waals surface area contributed by atoms with Gasteiger partial charge in [-0.2, -0.15) is 0 Å². The zero-order chi connectivity index (χ0) is 21.7. The van der Waals surface area contributed by atoms with Crippen LogP contribution in [0.5, 0.6) is 0 Å². The number of fused-ring (bicyclic) bond motifs is 2. The minimum absolute atomic E-state index is 0.155. The summed E-state index contributed by atoms with van der Waals surface area (Å²) in [5, 5.41) is 8.00. The van der Waals surface area contributed by atoms with E-state index in [1.165, 1.54) is 4.57 Å². The second kappa shape index (κ2) is 6.87. The second-order valence-electron chi connectivity index (χ2n) is 7.48. The molecule has 0 spiro atoms. The molecular formula is C21H19N9O. The number of amidine groups is 1. The van der Waals surface area contributed by atoms with Crippen LogP contribution in [-0.2, 0) is 0 Å². The van der Waals surface area contributed by atoms with Crippen molar-refractivity contribution in [3.8, 4) is 17.1 Å². The lowest BCUT2D eigenvalue weighted by atomic mass is 10.0. The highest BCUT2D eigenvalue weighted by atomic mass is 16.1. The first-order chi connectivity index (χ1) is 14.9. The zero-order valence-corrected chi connectivity index (χ0v) is 16.8. The Balaban J connectivity index is 1.84. The predicted molar refractivity (Wildman–Crippen MR) is 117 cm³/mol. The molecule has 4 aromatic heterocycles.